The molecular weight excluding hydrogens is 414 g/mol. The lowest BCUT2D eigenvalue weighted by atomic mass is 10.0. The van der Waals surface area contributed by atoms with Crippen molar-refractivity contribution in [1.29, 1.82) is 0 Å². The molecule has 1 aliphatic rings. The van der Waals surface area contributed by atoms with Gasteiger partial charge < -0.3 is 9.84 Å². The third-order valence-corrected chi connectivity index (χ3v) is 7.26. The number of carbonyl (C=O) groups excluding carboxylic acids is 1. The Hall–Kier alpha value is -2.97. The molecule has 7 nitrogen and oxygen atoms in total. The van der Waals surface area contributed by atoms with Gasteiger partial charge >= 0.3 is 0 Å². The molecule has 0 atom stereocenters. The van der Waals surface area contributed by atoms with E-state index in [1.807, 2.05) is 38.1 Å². The third kappa shape index (κ3) is 4.55. The quantitative estimate of drug-likeness (QED) is 0.635. The molecular formula is C23H25N3O4S. The minimum atomic E-state index is -3.71. The van der Waals surface area contributed by atoms with Crippen molar-refractivity contribution in [2.75, 3.05) is 6.54 Å². The van der Waals surface area contributed by atoms with Crippen LogP contribution in [0.2, 0.25) is 0 Å². The summed E-state index contributed by atoms with van der Waals surface area (Å²) in [6.07, 6.45) is 0.672. The van der Waals surface area contributed by atoms with Gasteiger partial charge in [-0.05, 0) is 41.7 Å². The normalized spacial score (nSPS) is 14.4. The van der Waals surface area contributed by atoms with E-state index >= 15 is 0 Å². The average molecular weight is 440 g/mol. The predicted octanol–water partition coefficient (Wildman–Crippen LogP) is 3.48. The number of aromatic nitrogens is 1. The fraction of sp³-hybridized carbons (Fsp3) is 0.304. The summed E-state index contributed by atoms with van der Waals surface area (Å²) in [6, 6.07) is 15.8. The monoisotopic (exact) mass is 439 g/mol. The van der Waals surface area contributed by atoms with Crippen molar-refractivity contribution in [3.63, 3.8) is 0 Å². The van der Waals surface area contributed by atoms with Crippen LogP contribution in [0, 0.1) is 0 Å². The number of nitrogens with zero attached hydrogens (tertiary/aromatic N) is 2. The van der Waals surface area contributed by atoms with Gasteiger partial charge in [-0.3, -0.25) is 4.79 Å². The van der Waals surface area contributed by atoms with E-state index in [9.17, 15) is 13.2 Å². The highest BCUT2D eigenvalue weighted by atomic mass is 32.2. The maximum absolute atomic E-state index is 13.2. The van der Waals surface area contributed by atoms with Crippen molar-refractivity contribution < 1.29 is 17.7 Å². The molecule has 0 unspecified atom stereocenters. The van der Waals surface area contributed by atoms with Crippen LogP contribution in [0.25, 0.3) is 0 Å². The first kappa shape index (κ1) is 21.3. The van der Waals surface area contributed by atoms with Crippen LogP contribution in [0.5, 0.6) is 0 Å². The van der Waals surface area contributed by atoms with Gasteiger partial charge in [-0.2, -0.15) is 4.31 Å². The second kappa shape index (κ2) is 8.64. The van der Waals surface area contributed by atoms with Crippen LogP contribution >= 0.6 is 0 Å². The predicted molar refractivity (Wildman–Crippen MR) is 116 cm³/mol. The van der Waals surface area contributed by atoms with Gasteiger partial charge in [0.05, 0.1) is 17.1 Å². The molecule has 8 heteroatoms. The number of carbonyl (C=O) groups is 1. The molecule has 1 aliphatic heterocycles. The van der Waals surface area contributed by atoms with Gasteiger partial charge in [0.25, 0.3) is 5.91 Å². The van der Waals surface area contributed by atoms with E-state index in [4.69, 9.17) is 4.52 Å². The standard InChI is InChI=1S/C23H25N3O4S/c1-16(2)22-13-20(30-25-22)14-24-23(27)18-8-5-9-21(12-18)31(28,29)26-11-10-17-6-3-4-7-19(17)15-26/h3-9,12-13,16H,10-11,14-15H2,1-2H3,(H,24,27). The van der Waals surface area contributed by atoms with Gasteiger partial charge in [-0.25, -0.2) is 8.42 Å². The van der Waals surface area contributed by atoms with Crippen molar-refractivity contribution in [3.8, 4) is 0 Å². The van der Waals surface area contributed by atoms with Crippen LogP contribution in [0.1, 0.15) is 52.7 Å². The van der Waals surface area contributed by atoms with Crippen molar-refractivity contribution in [3.05, 3.63) is 82.7 Å². The molecule has 0 bridgehead atoms. The van der Waals surface area contributed by atoms with Crippen molar-refractivity contribution >= 4 is 15.9 Å². The number of amides is 1. The first-order valence-corrected chi connectivity index (χ1v) is 11.7. The lowest BCUT2D eigenvalue weighted by Gasteiger charge is -2.28. The molecule has 0 spiro atoms. The highest BCUT2D eigenvalue weighted by Crippen LogP contribution is 2.25. The maximum atomic E-state index is 13.2. The Morgan fingerprint density at radius 2 is 1.90 bits per heavy atom. The molecule has 2 heterocycles. The van der Waals surface area contributed by atoms with E-state index in [0.29, 0.717) is 25.3 Å². The Morgan fingerprint density at radius 1 is 1.13 bits per heavy atom. The molecule has 0 radical (unpaired) electrons. The van der Waals surface area contributed by atoms with Crippen LogP contribution < -0.4 is 5.32 Å². The molecule has 162 valence electrons. The van der Waals surface area contributed by atoms with Crippen LogP contribution in [-0.4, -0.2) is 30.3 Å². The molecule has 0 fully saturated rings. The number of hydrogen-bond donors (Lipinski definition) is 1. The SMILES string of the molecule is CC(C)c1cc(CNC(=O)c2cccc(S(=O)(=O)N3CCc4ccccc4C3)c2)on1. The van der Waals surface area contributed by atoms with Crippen molar-refractivity contribution in [2.45, 2.75) is 44.2 Å². The zero-order chi connectivity index (χ0) is 22.0. The van der Waals surface area contributed by atoms with Crippen molar-refractivity contribution in [2.24, 2.45) is 0 Å². The Balaban J connectivity index is 1.47. The van der Waals surface area contributed by atoms with E-state index in [1.54, 1.807) is 18.2 Å². The Labute approximate surface area is 182 Å². The summed E-state index contributed by atoms with van der Waals surface area (Å²) in [5, 5.41) is 6.73. The van der Waals surface area contributed by atoms with Crippen molar-refractivity contribution in [1.82, 2.24) is 14.8 Å². The zero-order valence-corrected chi connectivity index (χ0v) is 18.4. The summed E-state index contributed by atoms with van der Waals surface area (Å²) in [7, 11) is -3.71. The largest absolute Gasteiger partial charge is 0.359 e. The van der Waals surface area contributed by atoms with Crippen LogP contribution in [0.3, 0.4) is 0 Å². The van der Waals surface area contributed by atoms with Gasteiger partial charge in [-0.15, -0.1) is 0 Å². The molecule has 31 heavy (non-hydrogen) atoms. The highest BCUT2D eigenvalue weighted by Gasteiger charge is 2.28. The summed E-state index contributed by atoms with van der Waals surface area (Å²) < 4.78 is 33.1. The van der Waals surface area contributed by atoms with E-state index < -0.39 is 10.0 Å². The summed E-state index contributed by atoms with van der Waals surface area (Å²) >= 11 is 0. The minimum Gasteiger partial charge on any atom is -0.359 e. The Bertz CT molecular complexity index is 1200. The maximum Gasteiger partial charge on any atom is 0.251 e. The van der Waals surface area contributed by atoms with Gasteiger partial charge in [0.1, 0.15) is 0 Å². The number of fused-ring (bicyclic) bond motifs is 1. The summed E-state index contributed by atoms with van der Waals surface area (Å²) in [5.41, 5.74) is 3.29. The zero-order valence-electron chi connectivity index (χ0n) is 17.5. The summed E-state index contributed by atoms with van der Waals surface area (Å²) in [5.74, 6) is 0.410. The summed E-state index contributed by atoms with van der Waals surface area (Å²) in [6.45, 7) is 4.94. The van der Waals surface area contributed by atoms with Crippen LogP contribution in [-0.2, 0) is 29.5 Å². The van der Waals surface area contributed by atoms with E-state index in [-0.39, 0.29) is 28.8 Å². The molecule has 1 aromatic heterocycles. The summed E-state index contributed by atoms with van der Waals surface area (Å²) in [4.78, 5) is 12.7. The Morgan fingerprint density at radius 3 is 2.65 bits per heavy atom. The lowest BCUT2D eigenvalue weighted by Crippen LogP contribution is -2.36. The molecule has 0 aliphatic carbocycles. The van der Waals surface area contributed by atoms with E-state index in [0.717, 1.165) is 11.3 Å². The van der Waals surface area contributed by atoms with Gasteiger partial charge in [0, 0.05) is 24.7 Å². The number of hydrogen-bond acceptors (Lipinski definition) is 5. The first-order chi connectivity index (χ1) is 14.8. The van der Waals surface area contributed by atoms with Gasteiger partial charge in [-0.1, -0.05) is 49.3 Å². The van der Waals surface area contributed by atoms with Gasteiger partial charge in [0.2, 0.25) is 10.0 Å². The molecule has 0 saturated heterocycles. The topological polar surface area (TPSA) is 92.5 Å². The lowest BCUT2D eigenvalue weighted by molar-refractivity contribution is 0.0947. The van der Waals surface area contributed by atoms with E-state index in [1.165, 1.54) is 22.0 Å². The second-order valence-electron chi connectivity index (χ2n) is 7.94. The number of nitrogens with one attached hydrogen (secondary N) is 1. The molecule has 1 N–H and O–H groups in total. The smallest absolute Gasteiger partial charge is 0.251 e. The highest BCUT2D eigenvalue weighted by molar-refractivity contribution is 7.89. The first-order valence-electron chi connectivity index (χ1n) is 10.3. The van der Waals surface area contributed by atoms with E-state index in [2.05, 4.69) is 10.5 Å². The second-order valence-corrected chi connectivity index (χ2v) is 9.88. The Kier molecular flexibility index (Phi) is 5.93. The third-order valence-electron chi connectivity index (χ3n) is 5.42. The number of sulfonamides is 1. The van der Waals surface area contributed by atoms with Crippen LogP contribution in [0.4, 0.5) is 0 Å². The number of benzene rings is 2. The molecule has 3 aromatic rings. The average Bonchev–Trinajstić information content (AvgIpc) is 3.27. The molecule has 0 saturated carbocycles. The molecule has 2 aromatic carbocycles. The molecule has 4 rings (SSSR count). The van der Waals surface area contributed by atoms with Crippen LogP contribution in [0.15, 0.2) is 64.0 Å². The van der Waals surface area contributed by atoms with Gasteiger partial charge in [0.15, 0.2) is 5.76 Å². The fourth-order valence-corrected chi connectivity index (χ4v) is 5.04. The number of rotatable bonds is 6. The fourth-order valence-electron chi connectivity index (χ4n) is 3.58. The minimum absolute atomic E-state index is 0.112. The molecule has 1 amide bonds.